The molecule has 0 fully saturated rings. The molecule has 3 N–H and O–H groups in total. The van der Waals surface area contributed by atoms with Crippen molar-refractivity contribution in [2.24, 2.45) is 11.1 Å². The van der Waals surface area contributed by atoms with Crippen molar-refractivity contribution >= 4 is 18.3 Å². The third kappa shape index (κ3) is 9.48. The molecule has 0 aliphatic rings. The average molecular weight is 313 g/mol. The molecule has 120 valence electrons. The monoisotopic (exact) mass is 312 g/mol. The van der Waals surface area contributed by atoms with Crippen LogP contribution in [-0.2, 0) is 11.2 Å². The van der Waals surface area contributed by atoms with Crippen LogP contribution in [0, 0.1) is 5.41 Å². The second kappa shape index (κ2) is 10.6. The van der Waals surface area contributed by atoms with Crippen molar-refractivity contribution in [1.82, 2.24) is 5.32 Å². The van der Waals surface area contributed by atoms with Crippen molar-refractivity contribution < 1.29 is 4.79 Å². The molecule has 0 saturated carbocycles. The molecule has 0 unspecified atom stereocenters. The Morgan fingerprint density at radius 2 is 1.86 bits per heavy atom. The van der Waals surface area contributed by atoms with Crippen LogP contribution in [0.1, 0.15) is 45.1 Å². The van der Waals surface area contributed by atoms with Gasteiger partial charge in [-0.25, -0.2) is 0 Å². The molecule has 0 saturated heterocycles. The summed E-state index contributed by atoms with van der Waals surface area (Å²) in [6.07, 6.45) is 4.66. The second-order valence-electron chi connectivity index (χ2n) is 6.17. The third-order valence-electron chi connectivity index (χ3n) is 3.53. The molecule has 0 radical (unpaired) electrons. The van der Waals surface area contributed by atoms with E-state index in [0.717, 1.165) is 32.2 Å². The lowest BCUT2D eigenvalue weighted by Crippen LogP contribution is -2.34. The van der Waals surface area contributed by atoms with E-state index in [2.05, 4.69) is 43.4 Å². The molecule has 0 heterocycles. The zero-order valence-electron chi connectivity index (χ0n) is 13.2. The minimum Gasteiger partial charge on any atom is -0.356 e. The van der Waals surface area contributed by atoms with Gasteiger partial charge in [0.2, 0.25) is 5.91 Å². The largest absolute Gasteiger partial charge is 0.356 e. The van der Waals surface area contributed by atoms with E-state index in [-0.39, 0.29) is 23.7 Å². The number of amides is 1. The number of benzene rings is 1. The van der Waals surface area contributed by atoms with Crippen LogP contribution in [-0.4, -0.2) is 19.0 Å². The predicted molar refractivity (Wildman–Crippen MR) is 91.7 cm³/mol. The van der Waals surface area contributed by atoms with E-state index >= 15 is 0 Å². The molecule has 3 nitrogen and oxygen atoms in total. The summed E-state index contributed by atoms with van der Waals surface area (Å²) >= 11 is 0. The van der Waals surface area contributed by atoms with Crippen LogP contribution in [0.25, 0.3) is 0 Å². The Labute approximate surface area is 135 Å². The topological polar surface area (TPSA) is 55.1 Å². The maximum atomic E-state index is 11.6. The standard InChI is InChI=1S/C17H28N2O.ClH/c1-17(2,14-19-16(20)11-7-13-18)12-6-10-15-8-4-3-5-9-15;/h3-5,8-9H,6-7,10-14,18H2,1-2H3,(H,19,20);1H. The molecule has 1 aromatic rings. The maximum Gasteiger partial charge on any atom is 0.220 e. The highest BCUT2D eigenvalue weighted by Gasteiger charge is 2.18. The van der Waals surface area contributed by atoms with E-state index in [1.807, 2.05) is 6.07 Å². The summed E-state index contributed by atoms with van der Waals surface area (Å²) in [5, 5.41) is 3.01. The fourth-order valence-corrected chi connectivity index (χ4v) is 2.19. The van der Waals surface area contributed by atoms with Gasteiger partial charge < -0.3 is 11.1 Å². The number of carbonyl (C=O) groups excluding carboxylic acids is 1. The van der Waals surface area contributed by atoms with Gasteiger partial charge in [0.1, 0.15) is 0 Å². The highest BCUT2D eigenvalue weighted by Crippen LogP contribution is 2.22. The van der Waals surface area contributed by atoms with Crippen molar-refractivity contribution in [3.8, 4) is 0 Å². The Kier molecular flexibility index (Phi) is 10.1. The number of halogens is 1. The number of hydrogen-bond donors (Lipinski definition) is 2. The lowest BCUT2D eigenvalue weighted by Gasteiger charge is -2.25. The van der Waals surface area contributed by atoms with Gasteiger partial charge in [-0.3, -0.25) is 4.79 Å². The molecule has 0 spiro atoms. The van der Waals surface area contributed by atoms with E-state index < -0.39 is 0 Å². The van der Waals surface area contributed by atoms with Crippen LogP contribution in [0.4, 0.5) is 0 Å². The molecule has 1 rings (SSSR count). The Balaban J connectivity index is 0.00000400. The lowest BCUT2D eigenvalue weighted by atomic mass is 9.86. The molecule has 1 amide bonds. The Morgan fingerprint density at radius 1 is 1.19 bits per heavy atom. The summed E-state index contributed by atoms with van der Waals surface area (Å²) in [4.78, 5) is 11.6. The van der Waals surface area contributed by atoms with Crippen LogP contribution in [0.3, 0.4) is 0 Å². The number of aryl methyl sites for hydroxylation is 1. The first kappa shape index (κ1) is 19.9. The highest BCUT2D eigenvalue weighted by molar-refractivity contribution is 5.85. The first-order valence-electron chi connectivity index (χ1n) is 7.54. The van der Waals surface area contributed by atoms with Crippen molar-refractivity contribution in [3.05, 3.63) is 35.9 Å². The van der Waals surface area contributed by atoms with Gasteiger partial charge in [0.25, 0.3) is 0 Å². The fourth-order valence-electron chi connectivity index (χ4n) is 2.19. The van der Waals surface area contributed by atoms with Gasteiger partial charge >= 0.3 is 0 Å². The maximum absolute atomic E-state index is 11.6. The first-order valence-corrected chi connectivity index (χ1v) is 7.54. The minimum absolute atomic E-state index is 0. The molecule has 0 aliphatic heterocycles. The highest BCUT2D eigenvalue weighted by atomic mass is 35.5. The molecular weight excluding hydrogens is 284 g/mol. The first-order chi connectivity index (χ1) is 9.53. The zero-order valence-corrected chi connectivity index (χ0v) is 14.0. The van der Waals surface area contributed by atoms with Crippen LogP contribution in [0.5, 0.6) is 0 Å². The average Bonchev–Trinajstić information content (AvgIpc) is 2.44. The van der Waals surface area contributed by atoms with E-state index in [0.29, 0.717) is 13.0 Å². The second-order valence-corrected chi connectivity index (χ2v) is 6.17. The number of nitrogens with one attached hydrogen (secondary N) is 1. The molecular formula is C17H29ClN2O. The van der Waals surface area contributed by atoms with Gasteiger partial charge in [0.15, 0.2) is 0 Å². The van der Waals surface area contributed by atoms with Gasteiger partial charge in [0.05, 0.1) is 0 Å². The molecule has 0 bridgehead atoms. The third-order valence-corrected chi connectivity index (χ3v) is 3.53. The molecule has 1 aromatic carbocycles. The molecule has 21 heavy (non-hydrogen) atoms. The van der Waals surface area contributed by atoms with E-state index in [1.54, 1.807) is 0 Å². The zero-order chi connectivity index (χ0) is 14.8. The van der Waals surface area contributed by atoms with E-state index in [4.69, 9.17) is 5.73 Å². The summed E-state index contributed by atoms with van der Waals surface area (Å²) in [5.41, 5.74) is 6.93. The van der Waals surface area contributed by atoms with Gasteiger partial charge in [-0.05, 0) is 43.2 Å². The van der Waals surface area contributed by atoms with Gasteiger partial charge in [-0.1, -0.05) is 44.2 Å². The van der Waals surface area contributed by atoms with Gasteiger partial charge in [-0.15, -0.1) is 12.4 Å². The predicted octanol–water partition coefficient (Wildman–Crippen LogP) is 3.31. The van der Waals surface area contributed by atoms with Crippen molar-refractivity contribution in [2.75, 3.05) is 13.1 Å². The summed E-state index contributed by atoms with van der Waals surface area (Å²) in [6, 6.07) is 10.5. The van der Waals surface area contributed by atoms with Crippen LogP contribution in [0.15, 0.2) is 30.3 Å². The summed E-state index contributed by atoms with van der Waals surface area (Å²) in [5.74, 6) is 0.117. The lowest BCUT2D eigenvalue weighted by molar-refractivity contribution is -0.121. The van der Waals surface area contributed by atoms with Crippen LogP contribution < -0.4 is 11.1 Å². The van der Waals surface area contributed by atoms with Gasteiger partial charge in [0, 0.05) is 13.0 Å². The van der Waals surface area contributed by atoms with Gasteiger partial charge in [-0.2, -0.15) is 0 Å². The molecule has 0 aliphatic carbocycles. The van der Waals surface area contributed by atoms with Crippen LogP contribution in [0.2, 0.25) is 0 Å². The summed E-state index contributed by atoms with van der Waals surface area (Å²) < 4.78 is 0. The fraction of sp³-hybridized carbons (Fsp3) is 0.588. The smallest absolute Gasteiger partial charge is 0.220 e. The number of nitrogens with two attached hydrogens (primary N) is 1. The summed E-state index contributed by atoms with van der Waals surface area (Å²) in [6.45, 7) is 5.74. The normalized spacial score (nSPS) is 10.8. The quantitative estimate of drug-likeness (QED) is 0.735. The Bertz CT molecular complexity index is 393. The Hall–Kier alpha value is -1.06. The molecule has 0 aromatic heterocycles. The number of hydrogen-bond acceptors (Lipinski definition) is 2. The van der Waals surface area contributed by atoms with E-state index in [9.17, 15) is 4.79 Å². The minimum atomic E-state index is 0. The molecule has 0 atom stereocenters. The summed E-state index contributed by atoms with van der Waals surface area (Å²) in [7, 11) is 0. The van der Waals surface area contributed by atoms with Crippen molar-refractivity contribution in [1.29, 1.82) is 0 Å². The Morgan fingerprint density at radius 3 is 2.48 bits per heavy atom. The number of rotatable bonds is 9. The van der Waals surface area contributed by atoms with Crippen molar-refractivity contribution in [3.63, 3.8) is 0 Å². The van der Waals surface area contributed by atoms with Crippen molar-refractivity contribution in [2.45, 2.75) is 46.0 Å². The number of carbonyl (C=O) groups is 1. The SMILES string of the molecule is CC(C)(CCCc1ccccc1)CNC(=O)CCCN.Cl. The molecule has 4 heteroatoms. The van der Waals surface area contributed by atoms with E-state index in [1.165, 1.54) is 5.56 Å². The van der Waals surface area contributed by atoms with Crippen LogP contribution >= 0.6 is 12.4 Å².